The third kappa shape index (κ3) is 3.39. The van der Waals surface area contributed by atoms with E-state index in [0.717, 1.165) is 19.4 Å². The van der Waals surface area contributed by atoms with Crippen LogP contribution < -0.4 is 5.32 Å². The second-order valence-corrected chi connectivity index (χ2v) is 7.01. The standard InChI is InChI=1S/C15H22N2O2S/c1-15(2,3)14(19)16-9-13(18)17-7-4-5-12(17)11-6-8-20-10-11/h6,8,10,12H,4-5,7,9H2,1-3H3,(H,16,19)/t12-/m0/s1. The van der Waals surface area contributed by atoms with Crippen LogP contribution in [-0.2, 0) is 9.59 Å². The van der Waals surface area contributed by atoms with Crippen molar-refractivity contribution >= 4 is 23.2 Å². The molecule has 2 rings (SSSR count). The van der Waals surface area contributed by atoms with Gasteiger partial charge in [-0.25, -0.2) is 0 Å². The van der Waals surface area contributed by atoms with Crippen LogP contribution in [0.15, 0.2) is 16.8 Å². The van der Waals surface area contributed by atoms with E-state index in [-0.39, 0.29) is 24.4 Å². The number of rotatable bonds is 3. The van der Waals surface area contributed by atoms with Gasteiger partial charge in [-0.15, -0.1) is 0 Å². The zero-order chi connectivity index (χ0) is 14.8. The lowest BCUT2D eigenvalue weighted by Gasteiger charge is -2.25. The highest BCUT2D eigenvalue weighted by Crippen LogP contribution is 2.32. The van der Waals surface area contributed by atoms with Gasteiger partial charge in [0.2, 0.25) is 11.8 Å². The molecule has 1 saturated heterocycles. The lowest BCUT2D eigenvalue weighted by Crippen LogP contribution is -2.43. The quantitative estimate of drug-likeness (QED) is 0.931. The fourth-order valence-electron chi connectivity index (χ4n) is 2.40. The van der Waals surface area contributed by atoms with Crippen LogP contribution in [0.3, 0.4) is 0 Å². The Balaban J connectivity index is 1.94. The Labute approximate surface area is 124 Å². The first-order valence-corrected chi connectivity index (χ1v) is 7.94. The van der Waals surface area contributed by atoms with E-state index in [1.54, 1.807) is 11.3 Å². The molecule has 1 aliphatic rings. The molecular formula is C15H22N2O2S. The van der Waals surface area contributed by atoms with Crippen LogP contribution in [0.1, 0.15) is 45.2 Å². The summed E-state index contributed by atoms with van der Waals surface area (Å²) in [5.41, 5.74) is 0.751. The smallest absolute Gasteiger partial charge is 0.242 e. The second-order valence-electron chi connectivity index (χ2n) is 6.23. The number of hydrogen-bond donors (Lipinski definition) is 1. The van der Waals surface area contributed by atoms with E-state index in [4.69, 9.17) is 0 Å². The topological polar surface area (TPSA) is 49.4 Å². The molecule has 2 heterocycles. The number of carbonyl (C=O) groups is 2. The molecule has 1 aromatic heterocycles. The Kier molecular flexibility index (Phi) is 4.48. The van der Waals surface area contributed by atoms with Gasteiger partial charge in [0.15, 0.2) is 0 Å². The summed E-state index contributed by atoms with van der Waals surface area (Å²) in [4.78, 5) is 26.0. The van der Waals surface area contributed by atoms with E-state index < -0.39 is 5.41 Å². The molecule has 0 aliphatic carbocycles. The molecule has 0 saturated carbocycles. The molecular weight excluding hydrogens is 272 g/mol. The van der Waals surface area contributed by atoms with Crippen molar-refractivity contribution in [3.8, 4) is 0 Å². The van der Waals surface area contributed by atoms with Crippen molar-refractivity contribution in [2.24, 2.45) is 5.41 Å². The summed E-state index contributed by atoms with van der Waals surface area (Å²) in [6.07, 6.45) is 2.04. The minimum absolute atomic E-state index is 0.0105. The third-order valence-corrected chi connectivity index (χ3v) is 4.28. The molecule has 5 heteroatoms. The predicted octanol–water partition coefficient (Wildman–Crippen LogP) is 2.57. The number of nitrogens with one attached hydrogen (secondary N) is 1. The maximum atomic E-state index is 12.3. The molecule has 1 atom stereocenters. The van der Waals surface area contributed by atoms with Crippen LogP contribution in [-0.4, -0.2) is 29.8 Å². The summed E-state index contributed by atoms with van der Waals surface area (Å²) in [6, 6.07) is 2.26. The van der Waals surface area contributed by atoms with Gasteiger partial charge in [-0.2, -0.15) is 11.3 Å². The van der Waals surface area contributed by atoms with Crippen molar-refractivity contribution in [1.29, 1.82) is 0 Å². The summed E-state index contributed by atoms with van der Waals surface area (Å²) in [5, 5.41) is 6.88. The first kappa shape index (κ1) is 15.0. The lowest BCUT2D eigenvalue weighted by atomic mass is 9.96. The molecule has 0 aromatic carbocycles. The predicted molar refractivity (Wildman–Crippen MR) is 80.5 cm³/mol. The summed E-state index contributed by atoms with van der Waals surface area (Å²) in [5.74, 6) is -0.0755. The Bertz CT molecular complexity index is 477. The lowest BCUT2D eigenvalue weighted by molar-refractivity contribution is -0.135. The van der Waals surface area contributed by atoms with Gasteiger partial charge in [-0.3, -0.25) is 9.59 Å². The largest absolute Gasteiger partial charge is 0.347 e. The summed E-state index contributed by atoms with van der Waals surface area (Å²) >= 11 is 1.65. The van der Waals surface area contributed by atoms with Crippen molar-refractivity contribution in [1.82, 2.24) is 10.2 Å². The van der Waals surface area contributed by atoms with Crippen LogP contribution >= 0.6 is 11.3 Å². The Morgan fingerprint density at radius 1 is 1.45 bits per heavy atom. The Morgan fingerprint density at radius 3 is 2.80 bits per heavy atom. The summed E-state index contributed by atoms with van der Waals surface area (Å²) in [7, 11) is 0. The van der Waals surface area contributed by atoms with Crippen LogP contribution in [0.25, 0.3) is 0 Å². The van der Waals surface area contributed by atoms with Crippen LogP contribution in [0.2, 0.25) is 0 Å². The van der Waals surface area contributed by atoms with Gasteiger partial charge in [-0.05, 0) is 35.2 Å². The molecule has 4 nitrogen and oxygen atoms in total. The fraction of sp³-hybridized carbons (Fsp3) is 0.600. The highest BCUT2D eigenvalue weighted by Gasteiger charge is 2.30. The summed E-state index contributed by atoms with van der Waals surface area (Å²) in [6.45, 7) is 6.41. The molecule has 110 valence electrons. The number of hydrogen-bond acceptors (Lipinski definition) is 3. The Hall–Kier alpha value is -1.36. The van der Waals surface area contributed by atoms with Crippen molar-refractivity contribution in [2.75, 3.05) is 13.1 Å². The molecule has 2 amide bonds. The van der Waals surface area contributed by atoms with Gasteiger partial charge >= 0.3 is 0 Å². The molecule has 0 unspecified atom stereocenters. The average molecular weight is 294 g/mol. The molecule has 0 bridgehead atoms. The highest BCUT2D eigenvalue weighted by molar-refractivity contribution is 7.07. The average Bonchev–Trinajstić information content (AvgIpc) is 3.03. The molecule has 1 fully saturated rings. The molecule has 1 aromatic rings. The maximum absolute atomic E-state index is 12.3. The molecule has 0 spiro atoms. The number of likely N-dealkylation sites (tertiary alicyclic amines) is 1. The van der Waals surface area contributed by atoms with Crippen LogP contribution in [0.5, 0.6) is 0 Å². The van der Waals surface area contributed by atoms with Crippen molar-refractivity contribution < 1.29 is 9.59 Å². The zero-order valence-corrected chi connectivity index (χ0v) is 13.1. The van der Waals surface area contributed by atoms with E-state index in [9.17, 15) is 9.59 Å². The maximum Gasteiger partial charge on any atom is 0.242 e. The minimum atomic E-state index is -0.460. The van der Waals surface area contributed by atoms with Gasteiger partial charge in [0.1, 0.15) is 0 Å². The van der Waals surface area contributed by atoms with Crippen molar-refractivity contribution in [2.45, 2.75) is 39.7 Å². The third-order valence-electron chi connectivity index (χ3n) is 3.58. The van der Waals surface area contributed by atoms with E-state index in [1.807, 2.05) is 31.1 Å². The molecule has 20 heavy (non-hydrogen) atoms. The van der Waals surface area contributed by atoms with Crippen LogP contribution in [0, 0.1) is 5.41 Å². The van der Waals surface area contributed by atoms with E-state index in [0.29, 0.717) is 0 Å². The zero-order valence-electron chi connectivity index (χ0n) is 12.3. The van der Waals surface area contributed by atoms with E-state index in [2.05, 4.69) is 16.8 Å². The van der Waals surface area contributed by atoms with Gasteiger partial charge in [-0.1, -0.05) is 20.8 Å². The Morgan fingerprint density at radius 2 is 2.20 bits per heavy atom. The van der Waals surface area contributed by atoms with E-state index >= 15 is 0 Å². The number of amides is 2. The first-order chi connectivity index (χ1) is 9.39. The first-order valence-electron chi connectivity index (χ1n) is 6.99. The molecule has 0 radical (unpaired) electrons. The second kappa shape index (κ2) is 5.95. The summed E-state index contributed by atoms with van der Waals surface area (Å²) < 4.78 is 0. The van der Waals surface area contributed by atoms with Crippen molar-refractivity contribution in [3.05, 3.63) is 22.4 Å². The minimum Gasteiger partial charge on any atom is -0.347 e. The highest BCUT2D eigenvalue weighted by atomic mass is 32.1. The van der Waals surface area contributed by atoms with Gasteiger partial charge in [0.05, 0.1) is 12.6 Å². The number of carbonyl (C=O) groups excluding carboxylic acids is 2. The monoisotopic (exact) mass is 294 g/mol. The SMILES string of the molecule is CC(C)(C)C(=O)NCC(=O)N1CCC[C@H]1c1ccsc1. The van der Waals surface area contributed by atoms with Gasteiger partial charge in [0.25, 0.3) is 0 Å². The van der Waals surface area contributed by atoms with E-state index in [1.165, 1.54) is 5.56 Å². The number of thiophene rings is 1. The number of nitrogens with zero attached hydrogens (tertiary/aromatic N) is 1. The molecule has 1 aliphatic heterocycles. The normalized spacial score (nSPS) is 19.1. The fourth-order valence-corrected chi connectivity index (χ4v) is 3.11. The van der Waals surface area contributed by atoms with Crippen LogP contribution in [0.4, 0.5) is 0 Å². The van der Waals surface area contributed by atoms with Gasteiger partial charge < -0.3 is 10.2 Å². The van der Waals surface area contributed by atoms with Gasteiger partial charge in [0, 0.05) is 12.0 Å². The van der Waals surface area contributed by atoms with Crippen molar-refractivity contribution in [3.63, 3.8) is 0 Å². The molecule has 1 N–H and O–H groups in total.